The van der Waals surface area contributed by atoms with E-state index < -0.39 is 0 Å². The Morgan fingerprint density at radius 1 is 1.40 bits per heavy atom. The topological polar surface area (TPSA) is 0 Å². The highest BCUT2D eigenvalue weighted by Gasteiger charge is 2.03. The third-order valence-electron chi connectivity index (χ3n) is 2.41. The van der Waals surface area contributed by atoms with Gasteiger partial charge in [-0.2, -0.15) is 0 Å². The second kappa shape index (κ2) is 6.34. The fourth-order valence-electron chi connectivity index (χ4n) is 1.43. The Morgan fingerprint density at radius 2 is 2.13 bits per heavy atom. The van der Waals surface area contributed by atoms with Gasteiger partial charge in [-0.3, -0.25) is 0 Å². The molecule has 0 N–H and O–H groups in total. The summed E-state index contributed by atoms with van der Waals surface area (Å²) in [5.74, 6) is -0.341. The molecule has 0 saturated carbocycles. The molecule has 1 unspecified atom stereocenters. The van der Waals surface area contributed by atoms with Gasteiger partial charge in [-0.05, 0) is 43.4 Å². The minimum atomic E-state index is -0.341. The highest BCUT2D eigenvalue weighted by molar-refractivity contribution is 6.30. The van der Waals surface area contributed by atoms with Crippen molar-refractivity contribution < 1.29 is 4.39 Å². The van der Waals surface area contributed by atoms with Crippen LogP contribution in [-0.2, 0) is 6.42 Å². The van der Waals surface area contributed by atoms with Gasteiger partial charge in [0.1, 0.15) is 5.82 Å². The summed E-state index contributed by atoms with van der Waals surface area (Å²) in [4.78, 5) is 0. The Morgan fingerprint density at radius 3 is 2.73 bits per heavy atom. The predicted molar refractivity (Wildman–Crippen MR) is 64.3 cm³/mol. The summed E-state index contributed by atoms with van der Waals surface area (Å²) < 4.78 is 13.1. The Bertz CT molecular complexity index is 312. The second-order valence-corrected chi connectivity index (χ2v) is 4.67. The van der Waals surface area contributed by atoms with Gasteiger partial charge in [0.15, 0.2) is 0 Å². The monoisotopic (exact) mass is 248 g/mol. The van der Waals surface area contributed by atoms with E-state index in [-0.39, 0.29) is 16.2 Å². The van der Waals surface area contributed by atoms with Gasteiger partial charge < -0.3 is 0 Å². The molecule has 0 heterocycles. The number of hydrogen-bond acceptors (Lipinski definition) is 0. The Labute approximate surface area is 100 Å². The van der Waals surface area contributed by atoms with Crippen molar-refractivity contribution in [2.75, 3.05) is 0 Å². The molecule has 84 valence electrons. The van der Waals surface area contributed by atoms with E-state index in [4.69, 9.17) is 23.2 Å². The van der Waals surface area contributed by atoms with Crippen LogP contribution >= 0.6 is 23.2 Å². The second-order valence-electron chi connectivity index (χ2n) is 3.65. The summed E-state index contributed by atoms with van der Waals surface area (Å²) in [5, 5.41) is 0.421. The molecule has 0 saturated heterocycles. The van der Waals surface area contributed by atoms with Crippen LogP contribution in [0, 0.1) is 5.82 Å². The first kappa shape index (κ1) is 12.8. The van der Waals surface area contributed by atoms with Crippen molar-refractivity contribution in [3.8, 4) is 0 Å². The largest absolute Gasteiger partial charge is 0.205 e. The molecule has 0 bridgehead atoms. The highest BCUT2D eigenvalue weighted by Crippen LogP contribution is 2.18. The van der Waals surface area contributed by atoms with Crippen molar-refractivity contribution in [1.29, 1.82) is 0 Å². The summed E-state index contributed by atoms with van der Waals surface area (Å²) in [6.07, 6.45) is 3.80. The maximum Gasteiger partial charge on any atom is 0.142 e. The molecular formula is C12H15Cl2F. The molecule has 0 aliphatic carbocycles. The van der Waals surface area contributed by atoms with Gasteiger partial charge in [0.2, 0.25) is 0 Å². The molecule has 0 fully saturated rings. The first-order valence-corrected chi connectivity index (χ1v) is 6.03. The first-order valence-electron chi connectivity index (χ1n) is 5.21. The first-order chi connectivity index (χ1) is 7.13. The molecule has 1 aromatic rings. The maximum atomic E-state index is 13.1. The normalized spacial score (nSPS) is 12.8. The molecule has 0 aromatic heterocycles. The molecule has 3 heteroatoms. The van der Waals surface area contributed by atoms with Crippen LogP contribution in [0.25, 0.3) is 0 Å². The molecule has 0 aliphatic rings. The minimum Gasteiger partial charge on any atom is -0.205 e. The molecular weight excluding hydrogens is 234 g/mol. The number of rotatable bonds is 5. The van der Waals surface area contributed by atoms with E-state index in [1.807, 2.05) is 6.07 Å². The van der Waals surface area contributed by atoms with Gasteiger partial charge in [-0.15, -0.1) is 11.6 Å². The predicted octanol–water partition coefficient (Wildman–Crippen LogP) is 4.82. The lowest BCUT2D eigenvalue weighted by molar-refractivity contribution is 0.622. The lowest BCUT2D eigenvalue weighted by Gasteiger charge is -2.06. The summed E-state index contributed by atoms with van der Waals surface area (Å²) in [6, 6.07) is 4.96. The van der Waals surface area contributed by atoms with Gasteiger partial charge in [0.25, 0.3) is 0 Å². The Balaban J connectivity index is 2.41. The number of halogens is 3. The van der Waals surface area contributed by atoms with Crippen LogP contribution in [-0.4, -0.2) is 5.38 Å². The van der Waals surface area contributed by atoms with Crippen LogP contribution in [0.3, 0.4) is 0 Å². The van der Waals surface area contributed by atoms with Gasteiger partial charge in [0, 0.05) is 5.38 Å². The molecule has 0 nitrogen and oxygen atoms in total. The lowest BCUT2D eigenvalue weighted by atomic mass is 10.1. The van der Waals surface area contributed by atoms with E-state index in [0.29, 0.717) is 0 Å². The lowest BCUT2D eigenvalue weighted by Crippen LogP contribution is -1.97. The quantitative estimate of drug-likeness (QED) is 0.656. The molecule has 0 amide bonds. The summed E-state index contributed by atoms with van der Waals surface area (Å²) in [7, 11) is 0. The molecule has 1 rings (SSSR count). The van der Waals surface area contributed by atoms with Crippen LogP contribution in [0.2, 0.25) is 5.02 Å². The van der Waals surface area contributed by atoms with E-state index in [0.717, 1.165) is 31.2 Å². The average molecular weight is 249 g/mol. The van der Waals surface area contributed by atoms with Gasteiger partial charge >= 0.3 is 0 Å². The fraction of sp³-hybridized carbons (Fsp3) is 0.500. The molecule has 1 aromatic carbocycles. The van der Waals surface area contributed by atoms with E-state index >= 15 is 0 Å². The summed E-state index contributed by atoms with van der Waals surface area (Å²) >= 11 is 11.6. The molecule has 1 atom stereocenters. The fourth-order valence-corrected chi connectivity index (χ4v) is 1.70. The molecule has 0 spiro atoms. The maximum absolute atomic E-state index is 13.1. The van der Waals surface area contributed by atoms with Crippen LogP contribution in [0.15, 0.2) is 18.2 Å². The van der Waals surface area contributed by atoms with Gasteiger partial charge in [-0.1, -0.05) is 24.6 Å². The van der Waals surface area contributed by atoms with Gasteiger partial charge in [0.05, 0.1) is 5.02 Å². The Kier molecular flexibility index (Phi) is 5.41. The number of alkyl halides is 1. The average Bonchev–Trinajstić information content (AvgIpc) is 2.23. The van der Waals surface area contributed by atoms with Crippen LogP contribution in [0.1, 0.15) is 31.7 Å². The third kappa shape index (κ3) is 4.40. The van der Waals surface area contributed by atoms with Crippen molar-refractivity contribution in [3.05, 3.63) is 34.6 Å². The summed E-state index contributed by atoms with van der Waals surface area (Å²) in [5.41, 5.74) is 0.983. The van der Waals surface area contributed by atoms with Crippen molar-refractivity contribution in [2.24, 2.45) is 0 Å². The van der Waals surface area contributed by atoms with Crippen LogP contribution in [0.4, 0.5) is 4.39 Å². The Hall–Kier alpha value is -0.270. The number of hydrogen-bond donors (Lipinski definition) is 0. The van der Waals surface area contributed by atoms with Crippen molar-refractivity contribution in [3.63, 3.8) is 0 Å². The van der Waals surface area contributed by atoms with Gasteiger partial charge in [-0.25, -0.2) is 4.39 Å². The third-order valence-corrected chi connectivity index (χ3v) is 3.24. The zero-order valence-electron chi connectivity index (χ0n) is 8.77. The highest BCUT2D eigenvalue weighted by atomic mass is 35.5. The smallest absolute Gasteiger partial charge is 0.142 e. The van der Waals surface area contributed by atoms with E-state index in [2.05, 4.69) is 6.92 Å². The van der Waals surface area contributed by atoms with Crippen molar-refractivity contribution >= 4 is 23.2 Å². The number of aryl methyl sites for hydroxylation is 1. The zero-order valence-corrected chi connectivity index (χ0v) is 10.3. The van der Waals surface area contributed by atoms with Crippen LogP contribution < -0.4 is 0 Å². The van der Waals surface area contributed by atoms with Crippen molar-refractivity contribution in [1.82, 2.24) is 0 Å². The standard InChI is InChI=1S/C12H15Cl2F/c1-2-10(13)5-3-4-9-6-7-11(14)12(15)8-9/h6-8,10H,2-5H2,1H3. The van der Waals surface area contributed by atoms with Crippen molar-refractivity contribution in [2.45, 2.75) is 38.0 Å². The number of benzene rings is 1. The summed E-state index contributed by atoms with van der Waals surface area (Å²) in [6.45, 7) is 2.07. The zero-order chi connectivity index (χ0) is 11.3. The SMILES string of the molecule is CCC(Cl)CCCc1ccc(Cl)c(F)c1. The molecule has 0 aliphatic heterocycles. The van der Waals surface area contributed by atoms with E-state index in [1.54, 1.807) is 6.07 Å². The van der Waals surface area contributed by atoms with Crippen LogP contribution in [0.5, 0.6) is 0 Å². The van der Waals surface area contributed by atoms with E-state index in [1.165, 1.54) is 6.07 Å². The molecule has 15 heavy (non-hydrogen) atoms. The molecule has 0 radical (unpaired) electrons. The minimum absolute atomic E-state index is 0.183. The van der Waals surface area contributed by atoms with E-state index in [9.17, 15) is 4.39 Å².